The van der Waals surface area contributed by atoms with E-state index < -0.39 is 15.7 Å². The van der Waals surface area contributed by atoms with Gasteiger partial charge in [0.05, 0.1) is 28.9 Å². The second-order valence-corrected chi connectivity index (χ2v) is 7.10. The lowest BCUT2D eigenvalue weighted by molar-refractivity contribution is -0.116. The van der Waals surface area contributed by atoms with Gasteiger partial charge in [-0.1, -0.05) is 0 Å². The van der Waals surface area contributed by atoms with Gasteiger partial charge >= 0.3 is 0 Å². The molecule has 1 aromatic carbocycles. The van der Waals surface area contributed by atoms with E-state index in [0.717, 1.165) is 0 Å². The Morgan fingerprint density at radius 1 is 1.37 bits per heavy atom. The van der Waals surface area contributed by atoms with E-state index in [2.05, 4.69) is 5.32 Å². The summed E-state index contributed by atoms with van der Waals surface area (Å²) in [6.45, 7) is 0.334. The van der Waals surface area contributed by atoms with Gasteiger partial charge in [-0.2, -0.15) is 0 Å². The Bertz CT molecular complexity index is 644. The molecule has 0 aliphatic carbocycles. The zero-order chi connectivity index (χ0) is 13.6. The molecule has 3 rings (SSSR count). The van der Waals surface area contributed by atoms with E-state index in [1.165, 1.54) is 12.1 Å². The van der Waals surface area contributed by atoms with Gasteiger partial charge in [0.2, 0.25) is 5.91 Å². The molecule has 0 radical (unpaired) electrons. The molecular formula is C12H13FN2O3S. The van der Waals surface area contributed by atoms with Crippen molar-refractivity contribution in [1.82, 2.24) is 0 Å². The van der Waals surface area contributed by atoms with Crippen molar-refractivity contribution in [3.05, 3.63) is 24.0 Å². The quantitative estimate of drug-likeness (QED) is 0.764. The minimum Gasteiger partial charge on any atom is -0.364 e. The number of sulfone groups is 1. The zero-order valence-electron chi connectivity index (χ0n) is 10.1. The maximum absolute atomic E-state index is 13.2. The van der Waals surface area contributed by atoms with Gasteiger partial charge in [0.1, 0.15) is 5.82 Å². The highest BCUT2D eigenvalue weighted by Gasteiger charge is 2.35. The summed E-state index contributed by atoms with van der Waals surface area (Å²) in [4.78, 5) is 13.7. The molecule has 0 bridgehead atoms. The summed E-state index contributed by atoms with van der Waals surface area (Å²) in [5.74, 6) is -0.676. The van der Waals surface area contributed by atoms with Crippen LogP contribution in [0.2, 0.25) is 0 Å². The monoisotopic (exact) mass is 284 g/mol. The van der Waals surface area contributed by atoms with E-state index in [4.69, 9.17) is 0 Å². The van der Waals surface area contributed by atoms with Crippen molar-refractivity contribution in [3.63, 3.8) is 0 Å². The summed E-state index contributed by atoms with van der Waals surface area (Å²) in [6, 6.07) is 3.79. The number of hydrogen-bond donors (Lipinski definition) is 1. The Balaban J connectivity index is 2.06. The lowest BCUT2D eigenvalue weighted by atomic mass is 10.1. The van der Waals surface area contributed by atoms with E-state index in [-0.39, 0.29) is 29.9 Å². The highest BCUT2D eigenvalue weighted by atomic mass is 32.2. The van der Waals surface area contributed by atoms with E-state index >= 15 is 0 Å². The first-order chi connectivity index (χ1) is 8.94. The molecule has 102 valence electrons. The third-order valence-corrected chi connectivity index (χ3v) is 5.19. The van der Waals surface area contributed by atoms with Crippen molar-refractivity contribution >= 4 is 27.1 Å². The molecule has 0 spiro atoms. The van der Waals surface area contributed by atoms with E-state index in [0.29, 0.717) is 17.9 Å². The Kier molecular flexibility index (Phi) is 2.74. The number of rotatable bonds is 0. The third kappa shape index (κ3) is 2.30. The minimum absolute atomic E-state index is 0.0305. The maximum atomic E-state index is 13.2. The molecule has 1 fully saturated rings. The van der Waals surface area contributed by atoms with Crippen LogP contribution in [0.1, 0.15) is 6.42 Å². The molecule has 1 amide bonds. The van der Waals surface area contributed by atoms with Crippen molar-refractivity contribution in [2.45, 2.75) is 12.5 Å². The molecular weight excluding hydrogens is 271 g/mol. The average Bonchev–Trinajstić information content (AvgIpc) is 2.41. The Hall–Kier alpha value is -1.63. The molecule has 1 aromatic rings. The van der Waals surface area contributed by atoms with Gasteiger partial charge in [-0.3, -0.25) is 4.79 Å². The van der Waals surface area contributed by atoms with Crippen molar-refractivity contribution in [3.8, 4) is 0 Å². The molecule has 5 nitrogen and oxygen atoms in total. The van der Waals surface area contributed by atoms with E-state index in [1.54, 1.807) is 6.07 Å². The fraction of sp³-hybridized carbons (Fsp3) is 0.417. The lowest BCUT2D eigenvalue weighted by Crippen LogP contribution is -2.48. The second-order valence-electron chi connectivity index (χ2n) is 4.88. The highest BCUT2D eigenvalue weighted by Crippen LogP contribution is 2.33. The standard InChI is InChI=1S/C12H13FN2O3S/c13-8-1-2-11-10(5-8)14-12(16)6-9-7-19(17,18)4-3-15(9)11/h1-2,5,9H,3-4,6-7H2,(H,14,16). The molecule has 1 saturated heterocycles. The molecule has 0 saturated carbocycles. The first kappa shape index (κ1) is 12.4. The molecule has 2 heterocycles. The number of hydrogen-bond acceptors (Lipinski definition) is 4. The summed E-state index contributed by atoms with van der Waals surface area (Å²) in [5.41, 5.74) is 1.10. The molecule has 7 heteroatoms. The largest absolute Gasteiger partial charge is 0.364 e. The predicted octanol–water partition coefficient (Wildman–Crippen LogP) is 0.771. The van der Waals surface area contributed by atoms with Crippen LogP contribution in [0.25, 0.3) is 0 Å². The van der Waals surface area contributed by atoms with Gasteiger partial charge in [0.15, 0.2) is 9.84 Å². The zero-order valence-corrected chi connectivity index (χ0v) is 10.9. The number of nitrogens with one attached hydrogen (secondary N) is 1. The number of amides is 1. The van der Waals surface area contributed by atoms with Crippen LogP contribution in [-0.4, -0.2) is 38.4 Å². The molecule has 2 aliphatic rings. The van der Waals surface area contributed by atoms with Gasteiger partial charge in [-0.15, -0.1) is 0 Å². The lowest BCUT2D eigenvalue weighted by Gasteiger charge is -2.35. The number of nitrogens with zero attached hydrogens (tertiary/aromatic N) is 1. The first-order valence-corrected chi connectivity index (χ1v) is 7.83. The Morgan fingerprint density at radius 2 is 2.16 bits per heavy atom. The topological polar surface area (TPSA) is 66.5 Å². The highest BCUT2D eigenvalue weighted by molar-refractivity contribution is 7.91. The molecule has 19 heavy (non-hydrogen) atoms. The Morgan fingerprint density at radius 3 is 2.95 bits per heavy atom. The van der Waals surface area contributed by atoms with Crippen LogP contribution in [0.15, 0.2) is 18.2 Å². The van der Waals surface area contributed by atoms with Gasteiger partial charge in [0, 0.05) is 13.0 Å². The normalized spacial score (nSPS) is 25.0. The summed E-state index contributed by atoms with van der Waals surface area (Å²) in [6.07, 6.45) is 0.107. The molecule has 1 atom stereocenters. The van der Waals surface area contributed by atoms with Gasteiger partial charge in [0.25, 0.3) is 0 Å². The summed E-state index contributed by atoms with van der Waals surface area (Å²) in [7, 11) is -3.10. The first-order valence-electron chi connectivity index (χ1n) is 6.01. The number of anilines is 2. The minimum atomic E-state index is -3.10. The fourth-order valence-electron chi connectivity index (χ4n) is 2.65. The van der Waals surface area contributed by atoms with Gasteiger partial charge in [-0.25, -0.2) is 12.8 Å². The van der Waals surface area contributed by atoms with Crippen molar-refractivity contribution in [2.75, 3.05) is 28.3 Å². The van der Waals surface area contributed by atoms with Gasteiger partial charge < -0.3 is 10.2 Å². The molecule has 2 aliphatic heterocycles. The Labute approximate surface area is 110 Å². The number of halogens is 1. The van der Waals surface area contributed by atoms with Crippen LogP contribution in [0.4, 0.5) is 15.8 Å². The van der Waals surface area contributed by atoms with E-state index in [1.807, 2.05) is 4.90 Å². The van der Waals surface area contributed by atoms with E-state index in [9.17, 15) is 17.6 Å². The number of carbonyl (C=O) groups is 1. The summed E-state index contributed by atoms with van der Waals surface area (Å²) in [5, 5.41) is 2.63. The molecule has 0 aromatic heterocycles. The van der Waals surface area contributed by atoms with Crippen molar-refractivity contribution < 1.29 is 17.6 Å². The predicted molar refractivity (Wildman–Crippen MR) is 69.4 cm³/mol. The second kappa shape index (κ2) is 4.19. The summed E-state index contributed by atoms with van der Waals surface area (Å²) >= 11 is 0. The van der Waals surface area contributed by atoms with Gasteiger partial charge in [-0.05, 0) is 18.2 Å². The SMILES string of the molecule is O=C1CC2CS(=O)(=O)CCN2c2ccc(F)cc2N1. The third-order valence-electron chi connectivity index (χ3n) is 3.49. The van der Waals surface area contributed by atoms with Crippen LogP contribution in [-0.2, 0) is 14.6 Å². The fourth-order valence-corrected chi connectivity index (χ4v) is 4.17. The van der Waals surface area contributed by atoms with Crippen LogP contribution < -0.4 is 10.2 Å². The maximum Gasteiger partial charge on any atom is 0.226 e. The van der Waals surface area contributed by atoms with Crippen LogP contribution in [0.5, 0.6) is 0 Å². The number of fused-ring (bicyclic) bond motifs is 3. The van der Waals surface area contributed by atoms with Crippen molar-refractivity contribution in [1.29, 1.82) is 0 Å². The molecule has 1 unspecified atom stereocenters. The number of benzene rings is 1. The van der Waals surface area contributed by atoms with Crippen LogP contribution >= 0.6 is 0 Å². The smallest absolute Gasteiger partial charge is 0.226 e. The average molecular weight is 284 g/mol. The number of carbonyl (C=O) groups excluding carboxylic acids is 1. The van der Waals surface area contributed by atoms with Crippen LogP contribution in [0.3, 0.4) is 0 Å². The summed E-state index contributed by atoms with van der Waals surface area (Å²) < 4.78 is 36.6. The van der Waals surface area contributed by atoms with Crippen molar-refractivity contribution in [2.24, 2.45) is 0 Å². The molecule has 1 N–H and O–H groups in total. The van der Waals surface area contributed by atoms with Crippen LogP contribution in [0, 0.1) is 5.82 Å².